The normalized spacial score (nSPS) is 16.6. The van der Waals surface area contributed by atoms with Crippen molar-refractivity contribution in [2.45, 2.75) is 36.9 Å². The summed E-state index contributed by atoms with van der Waals surface area (Å²) in [7, 11) is 1.99. The number of amides is 1. The fourth-order valence-electron chi connectivity index (χ4n) is 3.13. The number of hydrogen-bond donors (Lipinski definition) is 2. The molecule has 0 radical (unpaired) electrons. The third-order valence-electron chi connectivity index (χ3n) is 4.58. The van der Waals surface area contributed by atoms with Crippen molar-refractivity contribution in [3.63, 3.8) is 0 Å². The number of benzene rings is 1. The van der Waals surface area contributed by atoms with E-state index in [0.717, 1.165) is 42.5 Å². The summed E-state index contributed by atoms with van der Waals surface area (Å²) < 4.78 is 2.04. The van der Waals surface area contributed by atoms with Crippen LogP contribution in [0.1, 0.15) is 43.1 Å². The molecule has 1 aliphatic rings. The van der Waals surface area contributed by atoms with E-state index in [1.54, 1.807) is 0 Å². The Morgan fingerprint density at radius 3 is 2.76 bits per heavy atom. The molecule has 1 aliphatic heterocycles. The van der Waals surface area contributed by atoms with Crippen LogP contribution in [0.3, 0.4) is 0 Å². The maximum Gasteiger partial charge on any atom is 0.230 e. The zero-order chi connectivity index (χ0) is 17.6. The lowest BCUT2D eigenvalue weighted by Crippen LogP contribution is -2.28. The number of nitrogens with zero attached hydrogens (tertiary/aromatic N) is 3. The minimum absolute atomic E-state index is 0.000837. The van der Waals surface area contributed by atoms with Crippen molar-refractivity contribution in [2.24, 2.45) is 7.05 Å². The molecular weight excluding hydrogens is 334 g/mol. The van der Waals surface area contributed by atoms with Gasteiger partial charge in [-0.3, -0.25) is 4.79 Å². The van der Waals surface area contributed by atoms with Gasteiger partial charge in [0.2, 0.25) is 5.91 Å². The van der Waals surface area contributed by atoms with E-state index in [9.17, 15) is 4.79 Å². The van der Waals surface area contributed by atoms with E-state index >= 15 is 0 Å². The van der Waals surface area contributed by atoms with Crippen LogP contribution in [-0.4, -0.2) is 39.5 Å². The number of nitrogens with one attached hydrogen (secondary N) is 2. The van der Waals surface area contributed by atoms with Crippen LogP contribution in [0, 0.1) is 0 Å². The first-order chi connectivity index (χ1) is 12.1. The molecule has 2 aromatic rings. The van der Waals surface area contributed by atoms with Gasteiger partial charge in [0.1, 0.15) is 5.82 Å². The van der Waals surface area contributed by atoms with Gasteiger partial charge < -0.3 is 15.2 Å². The fourth-order valence-corrected chi connectivity index (χ4v) is 3.86. The van der Waals surface area contributed by atoms with Gasteiger partial charge in [-0.25, -0.2) is 0 Å². The van der Waals surface area contributed by atoms with Gasteiger partial charge in [0.15, 0.2) is 5.16 Å². The van der Waals surface area contributed by atoms with Crippen LogP contribution < -0.4 is 10.6 Å². The summed E-state index contributed by atoms with van der Waals surface area (Å²) >= 11 is 1.44. The number of carbonyl (C=O) groups is 1. The minimum atomic E-state index is -0.000837. The summed E-state index contributed by atoms with van der Waals surface area (Å²) in [6, 6.07) is 9.97. The summed E-state index contributed by atoms with van der Waals surface area (Å²) in [5, 5.41) is 15.8. The first-order valence-corrected chi connectivity index (χ1v) is 9.71. The molecule has 1 saturated heterocycles. The van der Waals surface area contributed by atoms with Gasteiger partial charge in [0, 0.05) is 13.0 Å². The van der Waals surface area contributed by atoms with E-state index in [4.69, 9.17) is 0 Å². The number of hydrogen-bond acceptors (Lipinski definition) is 5. The topological polar surface area (TPSA) is 71.8 Å². The highest BCUT2D eigenvalue weighted by Gasteiger charge is 2.22. The molecule has 1 amide bonds. The Kier molecular flexibility index (Phi) is 6.09. The molecule has 7 heteroatoms. The van der Waals surface area contributed by atoms with Gasteiger partial charge in [-0.05, 0) is 38.4 Å². The molecule has 1 aromatic carbocycles. The minimum Gasteiger partial charge on any atom is -0.349 e. The van der Waals surface area contributed by atoms with E-state index in [0.29, 0.717) is 11.7 Å². The first kappa shape index (κ1) is 17.9. The quantitative estimate of drug-likeness (QED) is 0.774. The van der Waals surface area contributed by atoms with Crippen molar-refractivity contribution in [1.29, 1.82) is 0 Å². The average molecular weight is 359 g/mol. The molecule has 0 aliphatic carbocycles. The predicted octanol–water partition coefficient (Wildman–Crippen LogP) is 2.25. The molecule has 1 unspecified atom stereocenters. The molecule has 1 aromatic heterocycles. The van der Waals surface area contributed by atoms with Crippen molar-refractivity contribution in [3.8, 4) is 0 Å². The highest BCUT2D eigenvalue weighted by atomic mass is 32.2. The van der Waals surface area contributed by atoms with Crippen molar-refractivity contribution in [1.82, 2.24) is 25.4 Å². The lowest BCUT2D eigenvalue weighted by molar-refractivity contribution is -0.119. The molecule has 134 valence electrons. The molecule has 3 rings (SSSR count). The molecule has 2 heterocycles. The van der Waals surface area contributed by atoms with Crippen LogP contribution in [0.4, 0.5) is 0 Å². The van der Waals surface area contributed by atoms with Crippen LogP contribution in [0.15, 0.2) is 35.5 Å². The summed E-state index contributed by atoms with van der Waals surface area (Å²) in [5.41, 5.74) is 1.10. The number of aromatic nitrogens is 3. The van der Waals surface area contributed by atoms with Gasteiger partial charge in [-0.2, -0.15) is 0 Å². The van der Waals surface area contributed by atoms with Crippen molar-refractivity contribution >= 4 is 17.7 Å². The van der Waals surface area contributed by atoms with Gasteiger partial charge in [0.05, 0.1) is 11.8 Å². The van der Waals surface area contributed by atoms with E-state index in [1.165, 1.54) is 11.8 Å². The van der Waals surface area contributed by atoms with Gasteiger partial charge in [0.25, 0.3) is 0 Å². The van der Waals surface area contributed by atoms with Gasteiger partial charge in [-0.15, -0.1) is 10.2 Å². The van der Waals surface area contributed by atoms with Crippen LogP contribution in [0.5, 0.6) is 0 Å². The van der Waals surface area contributed by atoms with E-state index in [1.807, 2.05) is 48.9 Å². The SMILES string of the molecule is CC(NC(=O)CSc1nnc(C2CCNCC2)n1C)c1ccccc1. The zero-order valence-electron chi connectivity index (χ0n) is 14.7. The van der Waals surface area contributed by atoms with Crippen LogP contribution in [0.2, 0.25) is 0 Å². The third-order valence-corrected chi connectivity index (χ3v) is 5.60. The largest absolute Gasteiger partial charge is 0.349 e. The van der Waals surface area contributed by atoms with Gasteiger partial charge in [-0.1, -0.05) is 42.1 Å². The summed E-state index contributed by atoms with van der Waals surface area (Å²) in [6.45, 7) is 4.05. The van der Waals surface area contributed by atoms with Crippen LogP contribution in [0.25, 0.3) is 0 Å². The lowest BCUT2D eigenvalue weighted by Gasteiger charge is -2.21. The predicted molar refractivity (Wildman–Crippen MR) is 99.6 cm³/mol. The maximum absolute atomic E-state index is 12.2. The summed E-state index contributed by atoms with van der Waals surface area (Å²) in [6.07, 6.45) is 2.18. The van der Waals surface area contributed by atoms with Crippen LogP contribution >= 0.6 is 11.8 Å². The molecular formula is C18H25N5OS. The Bertz CT molecular complexity index is 697. The summed E-state index contributed by atoms with van der Waals surface area (Å²) in [4.78, 5) is 12.2. The van der Waals surface area contributed by atoms with Crippen molar-refractivity contribution < 1.29 is 4.79 Å². The standard InChI is InChI=1S/C18H25N5OS/c1-13(14-6-4-3-5-7-14)20-16(24)12-25-18-22-21-17(23(18)2)15-8-10-19-11-9-15/h3-7,13,15,19H,8-12H2,1-2H3,(H,20,24). The van der Waals surface area contributed by atoms with E-state index < -0.39 is 0 Å². The Morgan fingerprint density at radius 1 is 1.32 bits per heavy atom. The Morgan fingerprint density at radius 2 is 2.04 bits per heavy atom. The van der Waals surface area contributed by atoms with Crippen LogP contribution in [-0.2, 0) is 11.8 Å². The monoisotopic (exact) mass is 359 g/mol. The Labute approximate surface area is 152 Å². The highest BCUT2D eigenvalue weighted by Crippen LogP contribution is 2.26. The summed E-state index contributed by atoms with van der Waals surface area (Å²) in [5.74, 6) is 1.84. The Hall–Kier alpha value is -1.86. The van der Waals surface area contributed by atoms with Crippen molar-refractivity contribution in [3.05, 3.63) is 41.7 Å². The Balaban J connectivity index is 1.53. The zero-order valence-corrected chi connectivity index (χ0v) is 15.6. The van der Waals surface area contributed by atoms with E-state index in [2.05, 4.69) is 20.8 Å². The number of rotatable bonds is 6. The molecule has 6 nitrogen and oxygen atoms in total. The highest BCUT2D eigenvalue weighted by molar-refractivity contribution is 7.99. The van der Waals surface area contributed by atoms with Gasteiger partial charge >= 0.3 is 0 Å². The average Bonchev–Trinajstić information content (AvgIpc) is 3.02. The lowest BCUT2D eigenvalue weighted by atomic mass is 9.97. The number of thioether (sulfide) groups is 1. The number of carbonyl (C=O) groups excluding carboxylic acids is 1. The van der Waals surface area contributed by atoms with E-state index in [-0.39, 0.29) is 11.9 Å². The molecule has 25 heavy (non-hydrogen) atoms. The van der Waals surface area contributed by atoms with Crippen molar-refractivity contribution in [2.75, 3.05) is 18.8 Å². The molecule has 0 saturated carbocycles. The molecule has 1 fully saturated rings. The molecule has 1 atom stereocenters. The number of piperidine rings is 1. The molecule has 2 N–H and O–H groups in total. The first-order valence-electron chi connectivity index (χ1n) is 8.72. The molecule has 0 bridgehead atoms. The second-order valence-electron chi connectivity index (χ2n) is 6.41. The smallest absolute Gasteiger partial charge is 0.230 e. The third kappa shape index (κ3) is 4.61. The second-order valence-corrected chi connectivity index (χ2v) is 7.36. The molecule has 0 spiro atoms. The maximum atomic E-state index is 12.2. The fraction of sp³-hybridized carbons (Fsp3) is 0.500. The second kappa shape index (κ2) is 8.49.